The van der Waals surface area contributed by atoms with Gasteiger partial charge in [0.2, 0.25) is 10.0 Å². The molecule has 1 atom stereocenters. The molecule has 2 rings (SSSR count). The maximum Gasteiger partial charge on any atom is 0.214 e. The molecule has 4 nitrogen and oxygen atoms in total. The summed E-state index contributed by atoms with van der Waals surface area (Å²) in [5.74, 6) is 1.23. The van der Waals surface area contributed by atoms with Gasteiger partial charge in [-0.25, -0.2) is 13.1 Å². The lowest BCUT2D eigenvalue weighted by molar-refractivity contribution is 0.323. The number of benzene rings is 1. The highest BCUT2D eigenvalue weighted by Gasteiger charge is 2.26. The van der Waals surface area contributed by atoms with Crippen LogP contribution in [0, 0.1) is 5.92 Å². The summed E-state index contributed by atoms with van der Waals surface area (Å²) < 4.78 is 26.8. The van der Waals surface area contributed by atoms with Crippen molar-refractivity contribution in [3.63, 3.8) is 0 Å². The van der Waals surface area contributed by atoms with Crippen LogP contribution in [0.1, 0.15) is 71.3 Å². The smallest absolute Gasteiger partial charge is 0.214 e. The van der Waals surface area contributed by atoms with Crippen molar-refractivity contribution in [3.05, 3.63) is 29.8 Å². The second-order valence-electron chi connectivity index (χ2n) is 7.74. The standard InChI is InChI=1S/C20H34N2O2S/c1-5-16(4)18-8-12-19(13-9-18)21-14-17-6-10-20(11-7-17)22-25(23,24)15(2)3/h8-9,12-13,15-17,20-22H,5-7,10-11,14H2,1-4H3/t16?,17-,20-. The molecule has 1 fully saturated rings. The van der Waals surface area contributed by atoms with Crippen LogP contribution in [0.25, 0.3) is 0 Å². The molecule has 0 radical (unpaired) electrons. The Morgan fingerprint density at radius 3 is 2.16 bits per heavy atom. The van der Waals surface area contributed by atoms with Gasteiger partial charge in [0, 0.05) is 18.3 Å². The van der Waals surface area contributed by atoms with E-state index >= 15 is 0 Å². The van der Waals surface area contributed by atoms with Gasteiger partial charge in [0.25, 0.3) is 0 Å². The molecule has 5 heteroatoms. The zero-order chi connectivity index (χ0) is 18.4. The molecule has 0 spiro atoms. The Balaban J connectivity index is 1.75. The fourth-order valence-electron chi connectivity index (χ4n) is 3.28. The van der Waals surface area contributed by atoms with Gasteiger partial charge in [-0.05, 0) is 75.5 Å². The normalized spacial score (nSPS) is 22.8. The Morgan fingerprint density at radius 2 is 1.64 bits per heavy atom. The van der Waals surface area contributed by atoms with E-state index in [4.69, 9.17) is 0 Å². The summed E-state index contributed by atoms with van der Waals surface area (Å²) in [5.41, 5.74) is 2.57. The van der Waals surface area contributed by atoms with Gasteiger partial charge in [-0.15, -0.1) is 0 Å². The Kier molecular flexibility index (Phi) is 7.32. The van der Waals surface area contributed by atoms with Crippen molar-refractivity contribution in [1.82, 2.24) is 4.72 Å². The zero-order valence-corrected chi connectivity index (χ0v) is 16.9. The van der Waals surface area contributed by atoms with E-state index < -0.39 is 10.0 Å². The number of hydrogen-bond donors (Lipinski definition) is 2. The van der Waals surface area contributed by atoms with E-state index in [0.717, 1.165) is 38.6 Å². The summed E-state index contributed by atoms with van der Waals surface area (Å²) in [6, 6.07) is 8.88. The lowest BCUT2D eigenvalue weighted by Crippen LogP contribution is -2.41. The van der Waals surface area contributed by atoms with Gasteiger partial charge in [0.15, 0.2) is 0 Å². The summed E-state index contributed by atoms with van der Waals surface area (Å²) in [5, 5.41) is 3.18. The van der Waals surface area contributed by atoms with Crippen LogP contribution in [-0.4, -0.2) is 26.3 Å². The number of anilines is 1. The van der Waals surface area contributed by atoms with Crippen LogP contribution in [0.3, 0.4) is 0 Å². The van der Waals surface area contributed by atoms with Crippen LogP contribution in [0.15, 0.2) is 24.3 Å². The average molecular weight is 367 g/mol. The van der Waals surface area contributed by atoms with Crippen LogP contribution in [0.4, 0.5) is 5.69 Å². The molecule has 1 aromatic carbocycles. The number of nitrogens with one attached hydrogen (secondary N) is 2. The van der Waals surface area contributed by atoms with E-state index in [9.17, 15) is 8.42 Å². The fraction of sp³-hybridized carbons (Fsp3) is 0.700. The Bertz CT molecular complexity index is 618. The Morgan fingerprint density at radius 1 is 1.04 bits per heavy atom. The summed E-state index contributed by atoms with van der Waals surface area (Å²) in [7, 11) is -3.15. The maximum absolute atomic E-state index is 12.0. The van der Waals surface area contributed by atoms with Crippen molar-refractivity contribution in [2.24, 2.45) is 5.92 Å². The van der Waals surface area contributed by atoms with E-state index in [1.807, 2.05) is 0 Å². The quantitative estimate of drug-likeness (QED) is 0.712. The van der Waals surface area contributed by atoms with Crippen molar-refractivity contribution in [1.29, 1.82) is 0 Å². The summed E-state index contributed by atoms with van der Waals surface area (Å²) >= 11 is 0. The van der Waals surface area contributed by atoms with Crippen molar-refractivity contribution < 1.29 is 8.42 Å². The van der Waals surface area contributed by atoms with Crippen molar-refractivity contribution in [2.75, 3.05) is 11.9 Å². The molecule has 1 aromatic rings. The van der Waals surface area contributed by atoms with Gasteiger partial charge in [0.05, 0.1) is 5.25 Å². The highest BCUT2D eigenvalue weighted by atomic mass is 32.2. The highest BCUT2D eigenvalue weighted by molar-refractivity contribution is 7.90. The molecule has 0 aliphatic heterocycles. The first kappa shape index (κ1) is 20.2. The molecule has 0 heterocycles. The molecule has 1 aliphatic rings. The lowest BCUT2D eigenvalue weighted by atomic mass is 9.86. The van der Waals surface area contributed by atoms with Gasteiger partial charge in [0.1, 0.15) is 0 Å². The van der Waals surface area contributed by atoms with E-state index in [1.165, 1.54) is 11.3 Å². The highest BCUT2D eigenvalue weighted by Crippen LogP contribution is 2.26. The number of sulfonamides is 1. The molecule has 0 aromatic heterocycles. The average Bonchev–Trinajstić information content (AvgIpc) is 2.60. The van der Waals surface area contributed by atoms with Crippen LogP contribution in [0.5, 0.6) is 0 Å². The minimum atomic E-state index is -3.15. The molecule has 25 heavy (non-hydrogen) atoms. The maximum atomic E-state index is 12.0. The molecule has 142 valence electrons. The first-order chi connectivity index (χ1) is 11.8. The topological polar surface area (TPSA) is 58.2 Å². The van der Waals surface area contributed by atoms with Crippen molar-refractivity contribution in [2.45, 2.75) is 77.0 Å². The lowest BCUT2D eigenvalue weighted by Gasteiger charge is -2.29. The molecule has 2 N–H and O–H groups in total. The summed E-state index contributed by atoms with van der Waals surface area (Å²) in [6.07, 6.45) is 5.18. The zero-order valence-electron chi connectivity index (χ0n) is 16.1. The van der Waals surface area contributed by atoms with Crippen molar-refractivity contribution in [3.8, 4) is 0 Å². The molecule has 1 unspecified atom stereocenters. The van der Waals surface area contributed by atoms with Crippen molar-refractivity contribution >= 4 is 15.7 Å². The van der Waals surface area contributed by atoms with E-state index in [1.54, 1.807) is 13.8 Å². The third-order valence-electron chi connectivity index (χ3n) is 5.49. The third-order valence-corrected chi connectivity index (χ3v) is 7.39. The first-order valence-corrected chi connectivity index (χ1v) is 11.2. The van der Waals surface area contributed by atoms with E-state index in [-0.39, 0.29) is 11.3 Å². The van der Waals surface area contributed by atoms with Crippen LogP contribution in [0.2, 0.25) is 0 Å². The molecule has 1 aliphatic carbocycles. The molecule has 0 bridgehead atoms. The predicted octanol–water partition coefficient (Wildman–Crippen LogP) is 4.50. The Labute approximate surface area is 153 Å². The monoisotopic (exact) mass is 366 g/mol. The van der Waals surface area contributed by atoms with E-state index in [2.05, 4.69) is 48.2 Å². The molecular formula is C20H34N2O2S. The largest absolute Gasteiger partial charge is 0.385 e. The number of hydrogen-bond acceptors (Lipinski definition) is 3. The van der Waals surface area contributed by atoms with E-state index in [0.29, 0.717) is 11.8 Å². The van der Waals surface area contributed by atoms with Crippen LogP contribution in [-0.2, 0) is 10.0 Å². The molecule has 1 saturated carbocycles. The second kappa shape index (κ2) is 9.04. The van der Waals surface area contributed by atoms with Gasteiger partial charge < -0.3 is 5.32 Å². The van der Waals surface area contributed by atoms with Crippen LogP contribution >= 0.6 is 0 Å². The van der Waals surface area contributed by atoms with Gasteiger partial charge in [-0.3, -0.25) is 0 Å². The summed E-state index contributed by atoms with van der Waals surface area (Å²) in [4.78, 5) is 0. The van der Waals surface area contributed by atoms with Gasteiger partial charge in [-0.2, -0.15) is 0 Å². The van der Waals surface area contributed by atoms with Gasteiger partial charge >= 0.3 is 0 Å². The minimum Gasteiger partial charge on any atom is -0.385 e. The molecular weight excluding hydrogens is 332 g/mol. The predicted molar refractivity (Wildman–Crippen MR) is 107 cm³/mol. The summed E-state index contributed by atoms with van der Waals surface area (Å²) in [6.45, 7) is 8.89. The fourth-order valence-corrected chi connectivity index (χ4v) is 4.25. The minimum absolute atomic E-state index is 0.110. The SMILES string of the molecule is CCC(C)c1ccc(NC[C@H]2CC[C@H](NS(=O)(=O)C(C)C)CC2)cc1. The number of rotatable bonds is 8. The third kappa shape index (κ3) is 6.00. The first-order valence-electron chi connectivity index (χ1n) is 9.66. The van der Waals surface area contributed by atoms with Crippen LogP contribution < -0.4 is 10.0 Å². The molecule has 0 saturated heterocycles. The second-order valence-corrected chi connectivity index (χ2v) is 10.0. The molecule has 0 amide bonds. The Hall–Kier alpha value is -1.07. The van der Waals surface area contributed by atoms with Gasteiger partial charge in [-0.1, -0.05) is 26.0 Å².